The number of carbonyl (C=O) groups is 3. The lowest BCUT2D eigenvalue weighted by Gasteiger charge is -2.38. The third kappa shape index (κ3) is 7.91. The Morgan fingerprint density at radius 2 is 1.83 bits per heavy atom. The number of aliphatic imine (C=N–C) groups is 1. The Morgan fingerprint density at radius 1 is 1.12 bits per heavy atom. The van der Waals surface area contributed by atoms with Crippen LogP contribution in [0.2, 0.25) is 10.2 Å². The van der Waals surface area contributed by atoms with Crippen molar-refractivity contribution in [3.63, 3.8) is 0 Å². The molecule has 1 spiro atoms. The molecule has 6 N–H and O–H groups in total. The summed E-state index contributed by atoms with van der Waals surface area (Å²) in [7, 11) is 0. The highest BCUT2D eigenvalue weighted by molar-refractivity contribution is 6.32. The maximum absolute atomic E-state index is 12.9. The summed E-state index contributed by atoms with van der Waals surface area (Å²) in [5.74, 6) is -0.713. The third-order valence-electron chi connectivity index (χ3n) is 6.76. The zero-order valence-electron chi connectivity index (χ0n) is 23.6. The first-order valence-corrected chi connectivity index (χ1v) is 14.1. The van der Waals surface area contributed by atoms with Crippen LogP contribution in [0.5, 0.6) is 5.75 Å². The normalized spacial score (nSPS) is 17.1. The summed E-state index contributed by atoms with van der Waals surface area (Å²) in [5, 5.41) is 6.62. The van der Waals surface area contributed by atoms with Gasteiger partial charge in [0.2, 0.25) is 5.91 Å². The first-order valence-electron chi connectivity index (χ1n) is 13.4. The van der Waals surface area contributed by atoms with Gasteiger partial charge in [0.25, 0.3) is 0 Å². The van der Waals surface area contributed by atoms with Crippen molar-refractivity contribution < 1.29 is 23.9 Å². The first-order chi connectivity index (χ1) is 19.7. The number of nitrogens with one attached hydrogen (secondary N) is 2. The van der Waals surface area contributed by atoms with Crippen molar-refractivity contribution in [2.24, 2.45) is 4.99 Å². The molecule has 0 aliphatic carbocycles. The number of benzene rings is 1. The van der Waals surface area contributed by atoms with E-state index in [0.29, 0.717) is 62.0 Å². The van der Waals surface area contributed by atoms with Gasteiger partial charge in [-0.15, -0.1) is 0 Å². The predicted molar refractivity (Wildman–Crippen MR) is 158 cm³/mol. The van der Waals surface area contributed by atoms with E-state index in [-0.39, 0.29) is 40.5 Å². The Kier molecular flexibility index (Phi) is 9.31. The average molecular weight is 622 g/mol. The quantitative estimate of drug-likeness (QED) is 0.333. The molecule has 42 heavy (non-hydrogen) atoms. The second kappa shape index (κ2) is 12.6. The number of nitrogens with zero attached hydrogens (tertiary/aromatic N) is 4. The molecule has 1 aromatic carbocycles. The minimum atomic E-state index is -0.704. The number of amides is 2. The number of hydrogen-bond donors (Lipinski definition) is 4. The second-order valence-electron chi connectivity index (χ2n) is 11.2. The Morgan fingerprint density at radius 3 is 2.50 bits per heavy atom. The summed E-state index contributed by atoms with van der Waals surface area (Å²) in [6.07, 6.45) is 2.17. The van der Waals surface area contributed by atoms with E-state index in [0.717, 1.165) is 5.56 Å². The van der Waals surface area contributed by atoms with Gasteiger partial charge >= 0.3 is 11.9 Å². The largest absolute Gasteiger partial charge is 0.480 e. The van der Waals surface area contributed by atoms with Crippen LogP contribution in [0.25, 0.3) is 0 Å². The first kappa shape index (κ1) is 31.1. The number of anilines is 2. The minimum Gasteiger partial charge on any atom is -0.480 e. The molecule has 15 heteroatoms. The van der Waals surface area contributed by atoms with Crippen molar-refractivity contribution in [3.05, 3.63) is 39.6 Å². The van der Waals surface area contributed by atoms with Crippen molar-refractivity contribution in [2.45, 2.75) is 57.6 Å². The van der Waals surface area contributed by atoms with Gasteiger partial charge in [0, 0.05) is 26.1 Å². The molecule has 2 saturated heterocycles. The number of ether oxygens (including phenoxy) is 2. The van der Waals surface area contributed by atoms with E-state index in [1.54, 1.807) is 32.9 Å². The maximum Gasteiger partial charge on any atom is 0.344 e. The molecule has 226 valence electrons. The number of likely N-dealkylation sites (tertiary alicyclic amines) is 1. The molecular weight excluding hydrogens is 587 g/mol. The topological polar surface area (TPSA) is 187 Å². The number of esters is 1. The smallest absolute Gasteiger partial charge is 0.344 e. The highest BCUT2D eigenvalue weighted by atomic mass is 35.5. The van der Waals surface area contributed by atoms with E-state index in [4.69, 9.17) is 44.1 Å². The molecule has 3 heterocycles. The highest BCUT2D eigenvalue weighted by Crippen LogP contribution is 2.28. The Bertz CT molecular complexity index is 1400. The predicted octanol–water partition coefficient (Wildman–Crippen LogP) is 2.35. The van der Waals surface area contributed by atoms with Gasteiger partial charge in [0.15, 0.2) is 35.0 Å². The minimum absolute atomic E-state index is 0.0375. The summed E-state index contributed by atoms with van der Waals surface area (Å²) in [6.45, 7) is 6.75. The molecule has 2 aliphatic heterocycles. The molecule has 2 aromatic rings. The van der Waals surface area contributed by atoms with E-state index >= 15 is 0 Å². The van der Waals surface area contributed by atoms with Crippen molar-refractivity contribution >= 4 is 58.6 Å². The van der Waals surface area contributed by atoms with Gasteiger partial charge in [-0.1, -0.05) is 29.3 Å². The van der Waals surface area contributed by atoms with Crippen LogP contribution in [0.4, 0.5) is 11.6 Å². The van der Waals surface area contributed by atoms with Crippen LogP contribution in [0.3, 0.4) is 0 Å². The molecule has 0 unspecified atom stereocenters. The van der Waals surface area contributed by atoms with E-state index < -0.39 is 17.5 Å². The van der Waals surface area contributed by atoms with Crippen LogP contribution in [0.1, 0.15) is 56.1 Å². The van der Waals surface area contributed by atoms with Crippen molar-refractivity contribution in [2.75, 3.05) is 37.7 Å². The van der Waals surface area contributed by atoms with Gasteiger partial charge in [-0.2, -0.15) is 4.99 Å². The van der Waals surface area contributed by atoms with Crippen molar-refractivity contribution in [1.82, 2.24) is 25.5 Å². The van der Waals surface area contributed by atoms with Crippen LogP contribution in [0.15, 0.2) is 23.2 Å². The van der Waals surface area contributed by atoms with Crippen molar-refractivity contribution in [3.8, 4) is 5.75 Å². The van der Waals surface area contributed by atoms with Gasteiger partial charge < -0.3 is 36.5 Å². The number of nitrogens with two attached hydrogens (primary N) is 2. The number of nitrogen functional groups attached to an aromatic ring is 2. The number of piperidine rings is 1. The molecular formula is C27H34Cl2N8O5. The lowest BCUT2D eigenvalue weighted by Crippen LogP contribution is -2.53. The van der Waals surface area contributed by atoms with Gasteiger partial charge in [-0.3, -0.25) is 9.59 Å². The molecule has 2 aliphatic rings. The van der Waals surface area contributed by atoms with Crippen LogP contribution < -0.4 is 26.8 Å². The lowest BCUT2D eigenvalue weighted by atomic mass is 9.88. The van der Waals surface area contributed by atoms with Crippen molar-refractivity contribution in [1.29, 1.82) is 0 Å². The van der Waals surface area contributed by atoms with Crippen LogP contribution in [-0.2, 0) is 20.7 Å². The summed E-state index contributed by atoms with van der Waals surface area (Å²) < 4.78 is 10.7. The second-order valence-corrected chi connectivity index (χ2v) is 11.9. The zero-order valence-corrected chi connectivity index (χ0v) is 25.1. The fourth-order valence-electron chi connectivity index (χ4n) is 4.63. The molecule has 13 nitrogen and oxygen atoms in total. The SMILES string of the molecule is CC(C)(C)OC(=O)COc1ccc(CCC(=O)N2CCC3(CC2)CN/C(=N\C(=O)c2nc(Cl)c(N)nc2N)N3)cc1Cl. The van der Waals surface area contributed by atoms with E-state index in [1.807, 2.05) is 11.0 Å². The van der Waals surface area contributed by atoms with Gasteiger partial charge in [-0.25, -0.2) is 14.8 Å². The standard InChI is InChI=1S/C27H34Cl2N8O5/c1-26(2,3)42-19(39)13-41-17-6-4-15(12-16(17)28)5-7-18(38)37-10-8-27(9-11-37)14-32-25(36-27)35-24(40)20-22(30)34-23(31)21(29)33-20/h4,6,12H,5,7-11,13-14H2,1-3H3,(H4,30,31,34)(H2,32,35,36,40). The Labute approximate surface area is 253 Å². The average Bonchev–Trinajstić information content (AvgIpc) is 3.29. The lowest BCUT2D eigenvalue weighted by molar-refractivity contribution is -0.157. The summed E-state index contributed by atoms with van der Waals surface area (Å²) in [5.41, 5.74) is 11.1. The fraction of sp³-hybridized carbons (Fsp3) is 0.481. The van der Waals surface area contributed by atoms with Gasteiger partial charge in [-0.05, 0) is 57.7 Å². The highest BCUT2D eigenvalue weighted by Gasteiger charge is 2.40. The summed E-state index contributed by atoms with van der Waals surface area (Å²) in [6, 6.07) is 5.24. The number of halogens is 2. The molecule has 0 radical (unpaired) electrons. The molecule has 0 saturated carbocycles. The Hall–Kier alpha value is -3.84. The van der Waals surface area contributed by atoms with E-state index in [1.165, 1.54) is 0 Å². The number of carbonyl (C=O) groups excluding carboxylic acids is 3. The van der Waals surface area contributed by atoms with Gasteiger partial charge in [0.05, 0.1) is 10.6 Å². The summed E-state index contributed by atoms with van der Waals surface area (Å²) in [4.78, 5) is 51.0. The van der Waals surface area contributed by atoms with E-state index in [2.05, 4.69) is 25.6 Å². The third-order valence-corrected chi connectivity index (χ3v) is 7.33. The van der Waals surface area contributed by atoms with E-state index in [9.17, 15) is 14.4 Å². The molecule has 2 amide bonds. The van der Waals surface area contributed by atoms with Crippen LogP contribution in [0, 0.1) is 0 Å². The molecule has 0 atom stereocenters. The van der Waals surface area contributed by atoms with Gasteiger partial charge in [0.1, 0.15) is 11.4 Å². The number of rotatable bonds is 7. The number of guanidine groups is 1. The number of aryl methyl sites for hydroxylation is 1. The number of aromatic nitrogens is 2. The van der Waals surface area contributed by atoms with Crippen LogP contribution in [-0.4, -0.2) is 76.0 Å². The molecule has 0 bridgehead atoms. The summed E-state index contributed by atoms with van der Waals surface area (Å²) >= 11 is 12.2. The fourth-order valence-corrected chi connectivity index (χ4v) is 5.02. The zero-order chi connectivity index (χ0) is 30.7. The monoisotopic (exact) mass is 620 g/mol. The Balaban J connectivity index is 1.24. The molecule has 2 fully saturated rings. The van der Waals surface area contributed by atoms with Crippen LogP contribution >= 0.6 is 23.2 Å². The maximum atomic E-state index is 12.9. The number of hydrogen-bond acceptors (Lipinski definition) is 9. The molecule has 4 rings (SSSR count). The molecule has 1 aromatic heterocycles.